The fourth-order valence-corrected chi connectivity index (χ4v) is 2.07. The van der Waals surface area contributed by atoms with E-state index in [2.05, 4.69) is 28.4 Å². The molecule has 1 aliphatic heterocycles. The predicted molar refractivity (Wildman–Crippen MR) is 60.0 cm³/mol. The molecule has 0 atom stereocenters. The normalized spacial score (nSPS) is 13.3. The molecule has 0 spiro atoms. The lowest BCUT2D eigenvalue weighted by atomic mass is 10.3. The number of thioether (sulfide) groups is 1. The molecule has 0 amide bonds. The zero-order valence-electron chi connectivity index (χ0n) is 8.10. The lowest BCUT2D eigenvalue weighted by molar-refractivity contribution is 0.568. The molecule has 0 aromatic carbocycles. The summed E-state index contributed by atoms with van der Waals surface area (Å²) in [5, 5.41) is 1.14. The summed E-state index contributed by atoms with van der Waals surface area (Å²) in [5.41, 5.74) is 0. The molecule has 14 heavy (non-hydrogen) atoms. The fourth-order valence-electron chi connectivity index (χ4n) is 1.20. The maximum Gasteiger partial charge on any atom is 0.0959 e. The molecule has 2 heterocycles. The summed E-state index contributed by atoms with van der Waals surface area (Å²) in [7, 11) is 0. The second-order valence-electron chi connectivity index (χ2n) is 3.26. The Labute approximate surface area is 89.0 Å². The van der Waals surface area contributed by atoms with Crippen molar-refractivity contribution in [3.05, 3.63) is 36.8 Å². The minimum atomic E-state index is 1.14. The zero-order chi connectivity index (χ0) is 9.64. The summed E-state index contributed by atoms with van der Waals surface area (Å²) in [5.74, 6) is 1.17. The Morgan fingerprint density at radius 2 is 2.14 bits per heavy atom. The van der Waals surface area contributed by atoms with Gasteiger partial charge in [0.1, 0.15) is 0 Å². The number of rotatable bonds is 6. The third-order valence-corrected chi connectivity index (χ3v) is 3.09. The highest BCUT2D eigenvalue weighted by Gasteiger charge is 2.03. The Morgan fingerprint density at radius 1 is 1.21 bits per heavy atom. The molecule has 0 fully saturated rings. The first kappa shape index (κ1) is 9.59. The zero-order valence-corrected chi connectivity index (χ0v) is 8.91. The number of pyridine rings is 1. The van der Waals surface area contributed by atoms with Gasteiger partial charge in [0.05, 0.1) is 5.03 Å². The number of unbranched alkanes of at least 4 members (excludes halogenated alkanes) is 1. The van der Waals surface area contributed by atoms with Crippen molar-refractivity contribution in [1.82, 2.24) is 9.88 Å². The molecular weight excluding hydrogens is 192 g/mol. The Morgan fingerprint density at radius 3 is 2.86 bits per heavy atom. The number of nitrogens with zero attached hydrogens (tertiary/aromatic N) is 2. The Bertz CT molecular complexity index is 291. The van der Waals surface area contributed by atoms with Crippen LogP contribution in [0.1, 0.15) is 12.8 Å². The van der Waals surface area contributed by atoms with Gasteiger partial charge < -0.3 is 4.90 Å². The van der Waals surface area contributed by atoms with Gasteiger partial charge in [0.25, 0.3) is 0 Å². The lowest BCUT2D eigenvalue weighted by Gasteiger charge is -2.02. The highest BCUT2D eigenvalue weighted by atomic mass is 32.2. The van der Waals surface area contributed by atoms with Crippen molar-refractivity contribution in [3.8, 4) is 0 Å². The molecular formula is C11H14N2S. The van der Waals surface area contributed by atoms with E-state index in [1.54, 1.807) is 0 Å². The number of aromatic nitrogens is 1. The quantitative estimate of drug-likeness (QED) is 0.526. The summed E-state index contributed by atoms with van der Waals surface area (Å²) in [6, 6.07) is 6.06. The van der Waals surface area contributed by atoms with E-state index < -0.39 is 0 Å². The SMILES string of the molecule is C1=CN1CCCCSc1ccccn1. The third kappa shape index (κ3) is 3.42. The van der Waals surface area contributed by atoms with Gasteiger partial charge in [-0.15, -0.1) is 11.8 Å². The van der Waals surface area contributed by atoms with E-state index in [4.69, 9.17) is 0 Å². The minimum Gasteiger partial charge on any atom is -0.351 e. The minimum absolute atomic E-state index is 1.14. The van der Waals surface area contributed by atoms with Gasteiger partial charge in [0.15, 0.2) is 0 Å². The molecule has 2 rings (SSSR count). The Balaban J connectivity index is 1.54. The standard InChI is InChI=1S/C11H14N2S/c1-2-6-12-11(5-1)14-10-4-3-7-13-8-9-13/h1-2,5-6,8-9H,3-4,7,10H2. The third-order valence-electron chi connectivity index (χ3n) is 2.06. The van der Waals surface area contributed by atoms with Crippen LogP contribution in [0.25, 0.3) is 0 Å². The fraction of sp³-hybridized carbons (Fsp3) is 0.364. The first-order valence-corrected chi connectivity index (χ1v) is 5.91. The van der Waals surface area contributed by atoms with E-state index >= 15 is 0 Å². The molecule has 0 aliphatic carbocycles. The lowest BCUT2D eigenvalue weighted by Crippen LogP contribution is -1.98. The molecule has 74 valence electrons. The van der Waals surface area contributed by atoms with Crippen molar-refractivity contribution in [2.24, 2.45) is 0 Å². The predicted octanol–water partition coefficient (Wildman–Crippen LogP) is 2.74. The van der Waals surface area contributed by atoms with Gasteiger partial charge in [0.2, 0.25) is 0 Å². The molecule has 0 radical (unpaired) electrons. The van der Waals surface area contributed by atoms with Crippen LogP contribution in [-0.2, 0) is 0 Å². The average molecular weight is 206 g/mol. The first-order chi connectivity index (χ1) is 6.95. The molecule has 0 unspecified atom stereocenters. The van der Waals surface area contributed by atoms with Crippen molar-refractivity contribution in [3.63, 3.8) is 0 Å². The maximum atomic E-state index is 4.26. The molecule has 0 saturated heterocycles. The summed E-state index contributed by atoms with van der Waals surface area (Å²) < 4.78 is 0. The average Bonchev–Trinajstić information content (AvgIpc) is 3.03. The molecule has 0 saturated carbocycles. The van der Waals surface area contributed by atoms with Crippen molar-refractivity contribution in [1.29, 1.82) is 0 Å². The van der Waals surface area contributed by atoms with Gasteiger partial charge in [0, 0.05) is 25.1 Å². The Hall–Kier alpha value is -0.960. The molecule has 2 nitrogen and oxygen atoms in total. The van der Waals surface area contributed by atoms with Crippen molar-refractivity contribution in [2.75, 3.05) is 12.3 Å². The molecule has 3 heteroatoms. The first-order valence-electron chi connectivity index (χ1n) is 4.93. The molecule has 1 aromatic heterocycles. The Kier molecular flexibility index (Phi) is 3.46. The van der Waals surface area contributed by atoms with Crippen molar-refractivity contribution >= 4 is 11.8 Å². The highest BCUT2D eigenvalue weighted by Crippen LogP contribution is 2.16. The van der Waals surface area contributed by atoms with Crippen LogP contribution in [0.15, 0.2) is 41.8 Å². The van der Waals surface area contributed by atoms with Gasteiger partial charge in [-0.05, 0) is 30.7 Å². The summed E-state index contributed by atoms with van der Waals surface area (Å²) in [6.07, 6.45) is 8.62. The van der Waals surface area contributed by atoms with Crippen LogP contribution in [0.4, 0.5) is 0 Å². The monoisotopic (exact) mass is 206 g/mol. The largest absolute Gasteiger partial charge is 0.351 e. The smallest absolute Gasteiger partial charge is 0.0959 e. The van der Waals surface area contributed by atoms with Crippen LogP contribution in [0.5, 0.6) is 0 Å². The van der Waals surface area contributed by atoms with Gasteiger partial charge >= 0.3 is 0 Å². The van der Waals surface area contributed by atoms with E-state index in [9.17, 15) is 0 Å². The van der Waals surface area contributed by atoms with Gasteiger partial charge in [-0.1, -0.05) is 6.07 Å². The van der Waals surface area contributed by atoms with E-state index in [0.717, 1.165) is 5.03 Å². The van der Waals surface area contributed by atoms with Crippen LogP contribution < -0.4 is 0 Å². The van der Waals surface area contributed by atoms with Gasteiger partial charge in [-0.2, -0.15) is 0 Å². The summed E-state index contributed by atoms with van der Waals surface area (Å²) in [4.78, 5) is 6.49. The maximum absolute atomic E-state index is 4.26. The second-order valence-corrected chi connectivity index (χ2v) is 4.37. The van der Waals surface area contributed by atoms with Crippen molar-refractivity contribution in [2.45, 2.75) is 17.9 Å². The van der Waals surface area contributed by atoms with E-state index in [0.29, 0.717) is 0 Å². The number of hydrogen-bond acceptors (Lipinski definition) is 3. The van der Waals surface area contributed by atoms with Crippen molar-refractivity contribution < 1.29 is 0 Å². The molecule has 1 aliphatic rings. The van der Waals surface area contributed by atoms with Crippen LogP contribution in [0, 0.1) is 0 Å². The van der Waals surface area contributed by atoms with Crippen LogP contribution in [-0.4, -0.2) is 22.2 Å². The van der Waals surface area contributed by atoms with Gasteiger partial charge in [-0.3, -0.25) is 0 Å². The van der Waals surface area contributed by atoms with Gasteiger partial charge in [-0.25, -0.2) is 4.98 Å². The van der Waals surface area contributed by atoms with E-state index in [-0.39, 0.29) is 0 Å². The summed E-state index contributed by atoms with van der Waals surface area (Å²) >= 11 is 1.84. The van der Waals surface area contributed by atoms with Crippen LogP contribution >= 0.6 is 11.8 Å². The summed E-state index contributed by atoms with van der Waals surface area (Å²) in [6.45, 7) is 1.18. The van der Waals surface area contributed by atoms with E-state index in [1.165, 1.54) is 25.1 Å². The van der Waals surface area contributed by atoms with Crippen LogP contribution in [0.2, 0.25) is 0 Å². The molecule has 0 bridgehead atoms. The topological polar surface area (TPSA) is 15.9 Å². The second kappa shape index (κ2) is 5.05. The van der Waals surface area contributed by atoms with E-state index in [1.807, 2.05) is 30.1 Å². The highest BCUT2D eigenvalue weighted by molar-refractivity contribution is 7.99. The molecule has 0 N–H and O–H groups in total. The number of hydrogen-bond donors (Lipinski definition) is 0. The van der Waals surface area contributed by atoms with Crippen LogP contribution in [0.3, 0.4) is 0 Å². The molecule has 1 aromatic rings.